The summed E-state index contributed by atoms with van der Waals surface area (Å²) >= 11 is 1.91. The molecule has 2 heterocycles. The number of aromatic nitrogens is 1. The van der Waals surface area contributed by atoms with Crippen molar-refractivity contribution in [3.8, 4) is 0 Å². The third-order valence-electron chi connectivity index (χ3n) is 3.57. The Balaban J connectivity index is 1.52. The van der Waals surface area contributed by atoms with Gasteiger partial charge in [-0.3, -0.25) is 4.99 Å². The van der Waals surface area contributed by atoms with E-state index in [-0.39, 0.29) is 0 Å². The third-order valence-corrected chi connectivity index (χ3v) is 4.79. The lowest BCUT2D eigenvalue weighted by Gasteiger charge is -2.14. The predicted molar refractivity (Wildman–Crippen MR) is 75.4 cm³/mol. The molecule has 0 atom stereocenters. The SMILES string of the molecule is CN1CCN=C1NCCc1nc2c(s1)CCCC2. The summed E-state index contributed by atoms with van der Waals surface area (Å²) in [7, 11) is 2.08. The van der Waals surface area contributed by atoms with Crippen LogP contribution in [0.2, 0.25) is 0 Å². The first kappa shape index (κ1) is 12.0. The first-order valence-electron chi connectivity index (χ1n) is 6.80. The molecular formula is C13H20N4S. The van der Waals surface area contributed by atoms with Crippen LogP contribution < -0.4 is 5.32 Å². The van der Waals surface area contributed by atoms with Crippen LogP contribution in [0, 0.1) is 0 Å². The average Bonchev–Trinajstić information content (AvgIpc) is 2.96. The van der Waals surface area contributed by atoms with E-state index in [9.17, 15) is 0 Å². The number of nitrogens with one attached hydrogen (secondary N) is 1. The number of hydrogen-bond donors (Lipinski definition) is 1. The zero-order valence-corrected chi connectivity index (χ0v) is 11.7. The highest BCUT2D eigenvalue weighted by molar-refractivity contribution is 7.11. The molecule has 2 aliphatic rings. The van der Waals surface area contributed by atoms with Crippen LogP contribution in [0.15, 0.2) is 4.99 Å². The molecular weight excluding hydrogens is 244 g/mol. The molecule has 0 bridgehead atoms. The standard InChI is InChI=1S/C13H20N4S/c1-17-9-8-15-13(17)14-7-6-12-16-10-4-2-3-5-11(10)18-12/h2-9H2,1H3,(H,14,15). The van der Waals surface area contributed by atoms with Crippen LogP contribution >= 0.6 is 11.3 Å². The molecule has 0 spiro atoms. The van der Waals surface area contributed by atoms with Crippen molar-refractivity contribution in [1.82, 2.24) is 15.2 Å². The van der Waals surface area contributed by atoms with E-state index < -0.39 is 0 Å². The molecule has 0 unspecified atom stereocenters. The van der Waals surface area contributed by atoms with Crippen LogP contribution in [-0.2, 0) is 19.3 Å². The van der Waals surface area contributed by atoms with E-state index >= 15 is 0 Å². The van der Waals surface area contributed by atoms with Gasteiger partial charge in [0.25, 0.3) is 0 Å². The van der Waals surface area contributed by atoms with Gasteiger partial charge < -0.3 is 10.2 Å². The Hall–Kier alpha value is -1.10. The number of hydrogen-bond acceptors (Lipinski definition) is 5. The van der Waals surface area contributed by atoms with E-state index in [2.05, 4.69) is 22.3 Å². The monoisotopic (exact) mass is 264 g/mol. The van der Waals surface area contributed by atoms with Crippen molar-refractivity contribution in [3.05, 3.63) is 15.6 Å². The molecule has 0 aromatic carbocycles. The number of aryl methyl sites for hydroxylation is 2. The first-order valence-corrected chi connectivity index (χ1v) is 7.61. The largest absolute Gasteiger partial charge is 0.356 e. The van der Waals surface area contributed by atoms with Crippen LogP contribution in [0.3, 0.4) is 0 Å². The Morgan fingerprint density at radius 1 is 1.33 bits per heavy atom. The van der Waals surface area contributed by atoms with Gasteiger partial charge >= 0.3 is 0 Å². The minimum Gasteiger partial charge on any atom is -0.356 e. The van der Waals surface area contributed by atoms with E-state index in [4.69, 9.17) is 4.98 Å². The van der Waals surface area contributed by atoms with Gasteiger partial charge in [-0.2, -0.15) is 0 Å². The molecule has 1 aliphatic carbocycles. The van der Waals surface area contributed by atoms with Crippen molar-refractivity contribution < 1.29 is 0 Å². The Kier molecular flexibility index (Phi) is 3.50. The van der Waals surface area contributed by atoms with Crippen molar-refractivity contribution in [2.75, 3.05) is 26.7 Å². The highest BCUT2D eigenvalue weighted by Gasteiger charge is 2.15. The summed E-state index contributed by atoms with van der Waals surface area (Å²) in [6.07, 6.45) is 6.11. The van der Waals surface area contributed by atoms with Gasteiger partial charge in [0.15, 0.2) is 5.96 Å². The van der Waals surface area contributed by atoms with Crippen LogP contribution in [0.1, 0.15) is 28.4 Å². The van der Waals surface area contributed by atoms with Crippen LogP contribution in [0.25, 0.3) is 0 Å². The van der Waals surface area contributed by atoms with E-state index in [1.807, 2.05) is 11.3 Å². The highest BCUT2D eigenvalue weighted by atomic mass is 32.1. The van der Waals surface area contributed by atoms with Gasteiger partial charge in [-0.15, -0.1) is 11.3 Å². The molecule has 1 aliphatic heterocycles. The molecule has 0 saturated carbocycles. The van der Waals surface area contributed by atoms with Gasteiger partial charge in [-0.05, 0) is 25.7 Å². The summed E-state index contributed by atoms with van der Waals surface area (Å²) in [5.41, 5.74) is 1.37. The van der Waals surface area contributed by atoms with Gasteiger partial charge in [-0.1, -0.05) is 0 Å². The molecule has 1 aromatic heterocycles. The summed E-state index contributed by atoms with van der Waals surface area (Å²) in [5, 5.41) is 4.69. The second-order valence-corrected chi connectivity index (χ2v) is 6.16. The third kappa shape index (κ3) is 2.51. The molecule has 5 heteroatoms. The van der Waals surface area contributed by atoms with E-state index in [1.54, 1.807) is 0 Å². The Bertz CT molecular complexity index is 428. The summed E-state index contributed by atoms with van der Waals surface area (Å²) in [5.74, 6) is 1.04. The van der Waals surface area contributed by atoms with Gasteiger partial charge in [-0.25, -0.2) is 4.98 Å². The fourth-order valence-corrected chi connectivity index (χ4v) is 3.67. The number of thiazole rings is 1. The first-order chi connectivity index (χ1) is 8.83. The van der Waals surface area contributed by atoms with Gasteiger partial charge in [0.1, 0.15) is 0 Å². The zero-order valence-electron chi connectivity index (χ0n) is 10.9. The number of guanidine groups is 1. The second-order valence-electron chi connectivity index (χ2n) is 4.99. The lowest BCUT2D eigenvalue weighted by molar-refractivity contribution is 0.534. The topological polar surface area (TPSA) is 40.5 Å². The fraction of sp³-hybridized carbons (Fsp3) is 0.692. The maximum absolute atomic E-state index is 4.76. The zero-order chi connectivity index (χ0) is 12.4. The summed E-state index contributed by atoms with van der Waals surface area (Å²) in [4.78, 5) is 12.9. The smallest absolute Gasteiger partial charge is 0.193 e. The molecule has 3 rings (SSSR count). The quantitative estimate of drug-likeness (QED) is 0.898. The normalized spacial score (nSPS) is 18.7. The van der Waals surface area contributed by atoms with Crippen LogP contribution in [0.5, 0.6) is 0 Å². The summed E-state index contributed by atoms with van der Waals surface area (Å²) in [6, 6.07) is 0. The Morgan fingerprint density at radius 2 is 2.22 bits per heavy atom. The average molecular weight is 264 g/mol. The Morgan fingerprint density at radius 3 is 3.00 bits per heavy atom. The molecule has 1 N–H and O–H groups in total. The van der Waals surface area contributed by atoms with E-state index in [0.29, 0.717) is 0 Å². The number of fused-ring (bicyclic) bond motifs is 1. The van der Waals surface area contributed by atoms with Crippen molar-refractivity contribution in [3.63, 3.8) is 0 Å². The molecule has 18 heavy (non-hydrogen) atoms. The predicted octanol–water partition coefficient (Wildman–Crippen LogP) is 1.46. The summed E-state index contributed by atoms with van der Waals surface area (Å²) in [6.45, 7) is 2.90. The highest BCUT2D eigenvalue weighted by Crippen LogP contribution is 2.26. The molecule has 0 fully saturated rings. The number of aliphatic imine (C=N–C) groups is 1. The van der Waals surface area contributed by atoms with Gasteiger partial charge in [0.05, 0.1) is 17.2 Å². The molecule has 1 aromatic rings. The van der Waals surface area contributed by atoms with Gasteiger partial charge in [0, 0.05) is 31.4 Å². The van der Waals surface area contributed by atoms with Crippen LogP contribution in [-0.4, -0.2) is 42.5 Å². The summed E-state index contributed by atoms with van der Waals surface area (Å²) < 4.78 is 0. The number of nitrogens with zero attached hydrogens (tertiary/aromatic N) is 3. The molecule has 98 valence electrons. The van der Waals surface area contributed by atoms with E-state index in [1.165, 1.54) is 41.3 Å². The number of likely N-dealkylation sites (N-methyl/N-ethyl adjacent to an activating group) is 1. The van der Waals surface area contributed by atoms with Crippen molar-refractivity contribution in [1.29, 1.82) is 0 Å². The number of rotatable bonds is 3. The maximum atomic E-state index is 4.76. The molecule has 0 radical (unpaired) electrons. The second kappa shape index (κ2) is 5.26. The lowest BCUT2D eigenvalue weighted by atomic mass is 10.0. The lowest BCUT2D eigenvalue weighted by Crippen LogP contribution is -2.36. The minimum atomic E-state index is 0.921. The maximum Gasteiger partial charge on any atom is 0.193 e. The van der Waals surface area contributed by atoms with Gasteiger partial charge in [0.2, 0.25) is 0 Å². The van der Waals surface area contributed by atoms with Crippen molar-refractivity contribution >= 4 is 17.3 Å². The fourth-order valence-electron chi connectivity index (χ4n) is 2.52. The molecule has 0 amide bonds. The van der Waals surface area contributed by atoms with Crippen molar-refractivity contribution in [2.45, 2.75) is 32.1 Å². The van der Waals surface area contributed by atoms with Crippen LogP contribution in [0.4, 0.5) is 0 Å². The molecule has 0 saturated heterocycles. The molecule has 4 nitrogen and oxygen atoms in total. The minimum absolute atomic E-state index is 0.921. The van der Waals surface area contributed by atoms with E-state index in [0.717, 1.165) is 32.0 Å². The van der Waals surface area contributed by atoms with Crippen molar-refractivity contribution in [2.24, 2.45) is 4.99 Å². The Labute approximate surface area is 112 Å².